The van der Waals surface area contributed by atoms with Crippen molar-refractivity contribution in [3.8, 4) is 0 Å². The van der Waals surface area contributed by atoms with Gasteiger partial charge in [-0.05, 0) is 30.9 Å². The Balaban J connectivity index is 1.83. The van der Waals surface area contributed by atoms with Crippen molar-refractivity contribution in [3.05, 3.63) is 71.8 Å². The van der Waals surface area contributed by atoms with Gasteiger partial charge >= 0.3 is 0 Å². The fourth-order valence-electron chi connectivity index (χ4n) is 3.74. The molecule has 2 aromatic rings. The molecular formula is C21H28N2O3S. The minimum Gasteiger partial charge on any atom is -0.388 e. The van der Waals surface area contributed by atoms with Crippen molar-refractivity contribution in [3.63, 3.8) is 0 Å². The molecule has 1 saturated heterocycles. The standard InChI is InChI=1S/C21H28N2O3S/c1-21(24,17-22-27(25,26)23-15-9-4-10-16-23)20(18-11-5-2-6-12-18)19-13-7-3-8-14-19/h2-3,5-8,11-14,20,22,24H,4,9-10,15-17H2,1H3. The van der Waals surface area contributed by atoms with Crippen LogP contribution in [0.15, 0.2) is 60.7 Å². The van der Waals surface area contributed by atoms with E-state index in [0.717, 1.165) is 30.4 Å². The first kappa shape index (κ1) is 20.0. The maximum Gasteiger partial charge on any atom is 0.279 e. The Labute approximate surface area is 162 Å². The summed E-state index contributed by atoms with van der Waals surface area (Å²) in [6, 6.07) is 19.4. The van der Waals surface area contributed by atoms with Crippen molar-refractivity contribution in [2.75, 3.05) is 19.6 Å². The molecule has 2 aromatic carbocycles. The van der Waals surface area contributed by atoms with E-state index >= 15 is 0 Å². The third-order valence-corrected chi connectivity index (χ3v) is 6.71. The van der Waals surface area contributed by atoms with E-state index in [0.29, 0.717) is 13.1 Å². The van der Waals surface area contributed by atoms with Crippen LogP contribution in [0.2, 0.25) is 0 Å². The highest BCUT2D eigenvalue weighted by atomic mass is 32.2. The number of nitrogens with zero attached hydrogens (tertiary/aromatic N) is 1. The Morgan fingerprint density at radius 2 is 1.44 bits per heavy atom. The molecule has 0 bridgehead atoms. The van der Waals surface area contributed by atoms with Crippen LogP contribution in [0.3, 0.4) is 0 Å². The molecule has 6 heteroatoms. The van der Waals surface area contributed by atoms with Crippen LogP contribution in [-0.4, -0.2) is 43.1 Å². The number of piperidine rings is 1. The van der Waals surface area contributed by atoms with Crippen LogP contribution in [0.4, 0.5) is 0 Å². The molecule has 2 N–H and O–H groups in total. The molecule has 0 radical (unpaired) electrons. The monoisotopic (exact) mass is 388 g/mol. The van der Waals surface area contributed by atoms with Crippen molar-refractivity contribution in [1.82, 2.24) is 9.03 Å². The molecule has 0 saturated carbocycles. The van der Waals surface area contributed by atoms with Crippen molar-refractivity contribution in [1.29, 1.82) is 0 Å². The summed E-state index contributed by atoms with van der Waals surface area (Å²) in [5.41, 5.74) is 0.614. The van der Waals surface area contributed by atoms with Gasteiger partial charge in [-0.1, -0.05) is 67.1 Å². The summed E-state index contributed by atoms with van der Waals surface area (Å²) >= 11 is 0. The van der Waals surface area contributed by atoms with Crippen LogP contribution in [0, 0.1) is 0 Å². The zero-order valence-electron chi connectivity index (χ0n) is 15.7. The molecule has 27 heavy (non-hydrogen) atoms. The van der Waals surface area contributed by atoms with Crippen LogP contribution in [0.1, 0.15) is 43.2 Å². The van der Waals surface area contributed by atoms with Crippen LogP contribution >= 0.6 is 0 Å². The number of rotatable bonds is 7. The van der Waals surface area contributed by atoms with E-state index in [1.165, 1.54) is 4.31 Å². The van der Waals surface area contributed by atoms with E-state index in [-0.39, 0.29) is 12.5 Å². The fraction of sp³-hybridized carbons (Fsp3) is 0.429. The van der Waals surface area contributed by atoms with Crippen LogP contribution in [0.5, 0.6) is 0 Å². The van der Waals surface area contributed by atoms with Gasteiger partial charge < -0.3 is 5.11 Å². The van der Waals surface area contributed by atoms with E-state index in [2.05, 4.69) is 4.72 Å². The van der Waals surface area contributed by atoms with Crippen molar-refractivity contribution in [2.45, 2.75) is 37.7 Å². The van der Waals surface area contributed by atoms with Gasteiger partial charge in [-0.3, -0.25) is 0 Å². The Morgan fingerprint density at radius 3 is 1.93 bits per heavy atom. The molecule has 1 atom stereocenters. The topological polar surface area (TPSA) is 69.6 Å². The van der Waals surface area contributed by atoms with Gasteiger partial charge in [0.2, 0.25) is 0 Å². The average Bonchev–Trinajstić information content (AvgIpc) is 2.69. The normalized spacial score (nSPS) is 18.3. The highest BCUT2D eigenvalue weighted by molar-refractivity contribution is 7.87. The van der Waals surface area contributed by atoms with Gasteiger partial charge in [0.1, 0.15) is 0 Å². The summed E-state index contributed by atoms with van der Waals surface area (Å²) < 4.78 is 29.4. The predicted molar refractivity (Wildman–Crippen MR) is 108 cm³/mol. The van der Waals surface area contributed by atoms with Gasteiger partial charge in [0.15, 0.2) is 0 Å². The minimum atomic E-state index is -3.59. The van der Waals surface area contributed by atoms with Crippen LogP contribution in [0.25, 0.3) is 0 Å². The van der Waals surface area contributed by atoms with E-state index in [1.54, 1.807) is 6.92 Å². The lowest BCUT2D eigenvalue weighted by Crippen LogP contribution is -2.50. The molecule has 0 aliphatic carbocycles. The van der Waals surface area contributed by atoms with Gasteiger partial charge in [0.25, 0.3) is 10.2 Å². The molecule has 1 aliphatic rings. The average molecular weight is 389 g/mol. The van der Waals surface area contributed by atoms with E-state index in [1.807, 2.05) is 60.7 Å². The third-order valence-electron chi connectivity index (χ3n) is 5.16. The number of aliphatic hydroxyl groups is 1. The second-order valence-electron chi connectivity index (χ2n) is 7.40. The first-order valence-corrected chi connectivity index (χ1v) is 10.9. The molecule has 1 aliphatic heterocycles. The summed E-state index contributed by atoms with van der Waals surface area (Å²) in [6.07, 6.45) is 2.83. The van der Waals surface area contributed by atoms with Crippen LogP contribution < -0.4 is 4.72 Å². The lowest BCUT2D eigenvalue weighted by Gasteiger charge is -2.35. The zero-order valence-corrected chi connectivity index (χ0v) is 16.5. The Kier molecular flexibility index (Phi) is 6.32. The first-order valence-electron chi connectivity index (χ1n) is 9.47. The van der Waals surface area contributed by atoms with Gasteiger partial charge in [-0.2, -0.15) is 17.4 Å². The first-order chi connectivity index (χ1) is 12.9. The van der Waals surface area contributed by atoms with E-state index < -0.39 is 15.8 Å². The molecule has 146 valence electrons. The number of hydrogen-bond donors (Lipinski definition) is 2. The Bertz CT molecular complexity index is 778. The zero-order chi connectivity index (χ0) is 19.3. The van der Waals surface area contributed by atoms with Gasteiger partial charge in [0.05, 0.1) is 5.60 Å². The Morgan fingerprint density at radius 1 is 0.963 bits per heavy atom. The number of nitrogens with one attached hydrogen (secondary N) is 1. The highest BCUT2D eigenvalue weighted by Crippen LogP contribution is 2.34. The molecule has 3 rings (SSSR count). The minimum absolute atomic E-state index is 0.0553. The van der Waals surface area contributed by atoms with Gasteiger partial charge in [-0.25, -0.2) is 0 Å². The largest absolute Gasteiger partial charge is 0.388 e. The molecule has 5 nitrogen and oxygen atoms in total. The van der Waals surface area contributed by atoms with Gasteiger partial charge in [0, 0.05) is 25.6 Å². The second kappa shape index (κ2) is 8.52. The van der Waals surface area contributed by atoms with E-state index in [4.69, 9.17) is 0 Å². The fourth-order valence-corrected chi connectivity index (χ4v) is 5.13. The SMILES string of the molecule is CC(O)(CNS(=O)(=O)N1CCCCC1)C(c1ccccc1)c1ccccc1. The summed E-state index contributed by atoms with van der Waals surface area (Å²) in [5.74, 6) is -0.344. The molecular weight excluding hydrogens is 360 g/mol. The predicted octanol–water partition coefficient (Wildman–Crippen LogP) is 2.89. The lowest BCUT2D eigenvalue weighted by atomic mass is 9.78. The Hall–Kier alpha value is -1.73. The molecule has 1 fully saturated rings. The van der Waals surface area contributed by atoms with Crippen molar-refractivity contribution >= 4 is 10.2 Å². The van der Waals surface area contributed by atoms with Crippen molar-refractivity contribution < 1.29 is 13.5 Å². The second-order valence-corrected chi connectivity index (χ2v) is 9.15. The highest BCUT2D eigenvalue weighted by Gasteiger charge is 2.36. The third kappa shape index (κ3) is 4.96. The van der Waals surface area contributed by atoms with Crippen LogP contribution in [-0.2, 0) is 10.2 Å². The van der Waals surface area contributed by atoms with E-state index in [9.17, 15) is 13.5 Å². The lowest BCUT2D eigenvalue weighted by molar-refractivity contribution is 0.0476. The quantitative estimate of drug-likeness (QED) is 0.766. The number of benzene rings is 2. The molecule has 1 unspecified atom stereocenters. The molecule has 0 spiro atoms. The maximum absolute atomic E-state index is 12.6. The molecule has 0 aromatic heterocycles. The van der Waals surface area contributed by atoms with Gasteiger partial charge in [-0.15, -0.1) is 0 Å². The number of hydrogen-bond acceptors (Lipinski definition) is 3. The maximum atomic E-state index is 12.6. The summed E-state index contributed by atoms with van der Waals surface area (Å²) in [4.78, 5) is 0. The molecule has 0 amide bonds. The summed E-state index contributed by atoms with van der Waals surface area (Å²) in [6.45, 7) is 2.72. The smallest absolute Gasteiger partial charge is 0.279 e. The summed E-state index contributed by atoms with van der Waals surface area (Å²) in [7, 11) is -3.59. The van der Waals surface area contributed by atoms with Crippen molar-refractivity contribution in [2.24, 2.45) is 0 Å². The molecule has 1 heterocycles. The summed E-state index contributed by atoms with van der Waals surface area (Å²) in [5, 5.41) is 11.3.